The lowest BCUT2D eigenvalue weighted by Crippen LogP contribution is -2.16. The Balaban J connectivity index is 1.96. The number of aromatic amines is 1. The summed E-state index contributed by atoms with van der Waals surface area (Å²) in [6, 6.07) is 8.09. The fourth-order valence-electron chi connectivity index (χ4n) is 3.31. The van der Waals surface area contributed by atoms with Crippen LogP contribution in [0, 0.1) is 5.82 Å². The molecule has 0 saturated heterocycles. The van der Waals surface area contributed by atoms with E-state index in [9.17, 15) is 17.6 Å². The Labute approximate surface area is 197 Å². The number of H-pyrrole nitrogens is 1. The molecule has 2 aromatic heterocycles. The van der Waals surface area contributed by atoms with Gasteiger partial charge in [0.25, 0.3) is 5.56 Å². The summed E-state index contributed by atoms with van der Waals surface area (Å²) in [7, 11) is -0.653. The van der Waals surface area contributed by atoms with Crippen LogP contribution >= 0.6 is 23.2 Å². The van der Waals surface area contributed by atoms with Crippen LogP contribution in [0.3, 0.4) is 0 Å². The maximum absolute atomic E-state index is 13.2. The number of hydrogen-bond donors (Lipinski definition) is 2. The predicted octanol–water partition coefficient (Wildman–Crippen LogP) is 2.86. The molecule has 2 heterocycles. The smallest absolute Gasteiger partial charge is 0.264 e. The van der Waals surface area contributed by atoms with Gasteiger partial charge in [0, 0.05) is 20.5 Å². The molecule has 0 radical (unpaired) electrons. The van der Waals surface area contributed by atoms with E-state index in [1.54, 1.807) is 31.1 Å². The number of aromatic nitrogens is 4. The van der Waals surface area contributed by atoms with Crippen LogP contribution in [0.4, 0.5) is 10.2 Å². The standard InChI is InChI=1S/C20H17Cl2FN6O3S/c1-28(2)19-16-18(25-15(26-20(16)30)7-10-3-5-11(23)6-4-10)29(27-19)17-13(21)8-12(9-14(17)22)33(24,31)32/h3-6,8-9H,7H2,1-2H3,(H2,24,31,32)(H,25,26,30). The summed E-state index contributed by atoms with van der Waals surface area (Å²) in [6.07, 6.45) is 0.222. The highest BCUT2D eigenvalue weighted by Gasteiger charge is 2.24. The zero-order chi connectivity index (χ0) is 24.1. The second kappa shape index (κ2) is 8.41. The summed E-state index contributed by atoms with van der Waals surface area (Å²) in [5.74, 6) is 0.227. The lowest BCUT2D eigenvalue weighted by molar-refractivity contribution is 0.597. The maximum atomic E-state index is 13.2. The highest BCUT2D eigenvalue weighted by Crippen LogP contribution is 2.34. The van der Waals surface area contributed by atoms with Crippen LogP contribution in [0.25, 0.3) is 16.7 Å². The van der Waals surface area contributed by atoms with Gasteiger partial charge in [-0.2, -0.15) is 0 Å². The number of benzene rings is 2. The van der Waals surface area contributed by atoms with E-state index in [2.05, 4.69) is 15.1 Å². The number of primary sulfonamides is 1. The van der Waals surface area contributed by atoms with Crippen molar-refractivity contribution in [2.24, 2.45) is 5.14 Å². The molecular formula is C20H17Cl2FN6O3S. The van der Waals surface area contributed by atoms with Gasteiger partial charge >= 0.3 is 0 Å². The lowest BCUT2D eigenvalue weighted by Gasteiger charge is -2.11. The number of sulfonamides is 1. The number of fused-ring (bicyclic) bond motifs is 1. The highest BCUT2D eigenvalue weighted by molar-refractivity contribution is 7.89. The van der Waals surface area contributed by atoms with Crippen LogP contribution < -0.4 is 15.6 Å². The maximum Gasteiger partial charge on any atom is 0.264 e. The number of anilines is 1. The van der Waals surface area contributed by atoms with Gasteiger partial charge in [0.1, 0.15) is 22.7 Å². The SMILES string of the molecule is CN(C)c1nn(-c2c(Cl)cc(S(N)(=O)=O)cc2Cl)c2nc(Cc3ccc(F)cc3)[nH]c(=O)c12. The summed E-state index contributed by atoms with van der Waals surface area (Å²) >= 11 is 12.7. The molecule has 172 valence electrons. The number of hydrogen-bond acceptors (Lipinski definition) is 6. The minimum absolute atomic E-state index is 0.0524. The first kappa shape index (κ1) is 23.2. The number of nitrogens with two attached hydrogens (primary N) is 1. The minimum atomic E-state index is -4.05. The first-order valence-corrected chi connectivity index (χ1v) is 11.7. The first-order chi connectivity index (χ1) is 15.5. The van der Waals surface area contributed by atoms with Crippen LogP contribution in [-0.4, -0.2) is 42.3 Å². The van der Waals surface area contributed by atoms with Gasteiger partial charge in [-0.3, -0.25) is 4.79 Å². The fourth-order valence-corrected chi connectivity index (χ4v) is 4.65. The zero-order valence-corrected chi connectivity index (χ0v) is 19.6. The van der Waals surface area contributed by atoms with Crippen LogP contribution in [0.5, 0.6) is 0 Å². The quantitative estimate of drug-likeness (QED) is 0.424. The van der Waals surface area contributed by atoms with E-state index in [0.29, 0.717) is 11.6 Å². The Morgan fingerprint density at radius 2 is 1.76 bits per heavy atom. The number of nitrogens with one attached hydrogen (secondary N) is 1. The summed E-state index contributed by atoms with van der Waals surface area (Å²) < 4.78 is 38.0. The molecule has 0 aliphatic rings. The van der Waals surface area contributed by atoms with Gasteiger partial charge in [-0.05, 0) is 29.8 Å². The van der Waals surface area contributed by atoms with E-state index >= 15 is 0 Å². The van der Waals surface area contributed by atoms with Crippen LogP contribution in [0.1, 0.15) is 11.4 Å². The van der Waals surface area contributed by atoms with Crippen molar-refractivity contribution in [3.05, 3.63) is 74.0 Å². The van der Waals surface area contributed by atoms with Crippen molar-refractivity contribution in [3.8, 4) is 5.69 Å². The molecule has 0 amide bonds. The zero-order valence-electron chi connectivity index (χ0n) is 17.3. The molecule has 0 fully saturated rings. The number of rotatable bonds is 5. The third-order valence-corrected chi connectivity index (χ3v) is 6.28. The topological polar surface area (TPSA) is 127 Å². The second-order valence-electron chi connectivity index (χ2n) is 7.42. The van der Waals surface area contributed by atoms with E-state index in [-0.39, 0.29) is 43.9 Å². The lowest BCUT2D eigenvalue weighted by atomic mass is 10.1. The van der Waals surface area contributed by atoms with Gasteiger partial charge in [-0.15, -0.1) is 5.10 Å². The van der Waals surface area contributed by atoms with Gasteiger partial charge in [0.2, 0.25) is 10.0 Å². The van der Waals surface area contributed by atoms with Gasteiger partial charge < -0.3 is 9.88 Å². The molecule has 0 aliphatic carbocycles. The first-order valence-electron chi connectivity index (χ1n) is 9.41. The van der Waals surface area contributed by atoms with Crippen molar-refractivity contribution < 1.29 is 12.8 Å². The van der Waals surface area contributed by atoms with E-state index in [1.807, 2.05) is 0 Å². The molecule has 13 heteroatoms. The summed E-state index contributed by atoms with van der Waals surface area (Å²) in [4.78, 5) is 21.6. The van der Waals surface area contributed by atoms with E-state index in [1.165, 1.54) is 16.8 Å². The Bertz CT molecular complexity index is 1530. The molecule has 0 spiro atoms. The van der Waals surface area contributed by atoms with Gasteiger partial charge in [0.15, 0.2) is 11.5 Å². The van der Waals surface area contributed by atoms with Gasteiger partial charge in [0.05, 0.1) is 14.9 Å². The van der Waals surface area contributed by atoms with Crippen molar-refractivity contribution in [2.75, 3.05) is 19.0 Å². The summed E-state index contributed by atoms with van der Waals surface area (Å²) in [5, 5.41) is 9.72. The summed E-state index contributed by atoms with van der Waals surface area (Å²) in [6.45, 7) is 0. The van der Waals surface area contributed by atoms with Crippen molar-refractivity contribution in [2.45, 2.75) is 11.3 Å². The minimum Gasteiger partial charge on any atom is -0.361 e. The Kier molecular flexibility index (Phi) is 5.91. The van der Waals surface area contributed by atoms with E-state index < -0.39 is 15.6 Å². The molecule has 0 bridgehead atoms. The number of halogens is 3. The predicted molar refractivity (Wildman–Crippen MR) is 124 cm³/mol. The third-order valence-electron chi connectivity index (χ3n) is 4.81. The highest BCUT2D eigenvalue weighted by atomic mass is 35.5. The van der Waals surface area contributed by atoms with Gasteiger partial charge in [-0.1, -0.05) is 35.3 Å². The second-order valence-corrected chi connectivity index (χ2v) is 9.80. The molecule has 4 rings (SSSR count). The number of nitrogens with zero attached hydrogens (tertiary/aromatic N) is 4. The third kappa shape index (κ3) is 4.44. The van der Waals surface area contributed by atoms with E-state index in [4.69, 9.17) is 28.3 Å². The Hall–Kier alpha value is -2.99. The fraction of sp³-hybridized carbons (Fsp3) is 0.150. The van der Waals surface area contributed by atoms with Crippen molar-refractivity contribution in [1.29, 1.82) is 0 Å². The monoisotopic (exact) mass is 510 g/mol. The average molecular weight is 511 g/mol. The molecule has 9 nitrogen and oxygen atoms in total. The molecule has 0 aliphatic heterocycles. The Morgan fingerprint density at radius 1 is 1.15 bits per heavy atom. The largest absolute Gasteiger partial charge is 0.361 e. The van der Waals surface area contributed by atoms with E-state index in [0.717, 1.165) is 17.7 Å². The van der Waals surface area contributed by atoms with Crippen LogP contribution in [0.15, 0.2) is 46.1 Å². The molecule has 3 N–H and O–H groups in total. The van der Waals surface area contributed by atoms with Gasteiger partial charge in [-0.25, -0.2) is 27.6 Å². The van der Waals surface area contributed by atoms with Crippen molar-refractivity contribution in [3.63, 3.8) is 0 Å². The van der Waals surface area contributed by atoms with Crippen molar-refractivity contribution >= 4 is 50.1 Å². The molecule has 0 atom stereocenters. The Morgan fingerprint density at radius 3 is 2.30 bits per heavy atom. The average Bonchev–Trinajstić information content (AvgIpc) is 3.09. The molecule has 4 aromatic rings. The van der Waals surface area contributed by atoms with Crippen molar-refractivity contribution in [1.82, 2.24) is 19.7 Å². The summed E-state index contributed by atoms with van der Waals surface area (Å²) in [5.41, 5.74) is 0.577. The van der Waals surface area contributed by atoms with Crippen LogP contribution in [0.2, 0.25) is 10.0 Å². The molecule has 0 saturated carbocycles. The normalized spacial score (nSPS) is 11.8. The van der Waals surface area contributed by atoms with Crippen LogP contribution in [-0.2, 0) is 16.4 Å². The molecule has 2 aromatic carbocycles. The molecule has 33 heavy (non-hydrogen) atoms. The molecular weight excluding hydrogens is 494 g/mol. The molecule has 0 unspecified atom stereocenters.